The van der Waals surface area contributed by atoms with Crippen LogP contribution in [0.2, 0.25) is 0 Å². The average Bonchev–Trinajstić information content (AvgIpc) is 2.25. The van der Waals surface area contributed by atoms with E-state index in [4.69, 9.17) is 0 Å². The molecule has 0 bridgehead atoms. The number of hydrogen-bond acceptors (Lipinski definition) is 2. The molecular weight excluding hydrogens is 186 g/mol. The molecule has 1 aliphatic rings. The van der Waals surface area contributed by atoms with Gasteiger partial charge in [-0.1, -0.05) is 29.8 Å². The summed E-state index contributed by atoms with van der Waals surface area (Å²) in [5.74, 6) is 0.425. The topological polar surface area (TPSA) is 32.3 Å². The molecule has 0 unspecified atom stereocenters. The Morgan fingerprint density at radius 3 is 2.73 bits per heavy atom. The predicted octanol–water partition coefficient (Wildman–Crippen LogP) is 1.51. The maximum Gasteiger partial charge on any atom is 0.0696 e. The SMILES string of the molecule is Cc1ccc(C[C@H]2CCNC[C@H]2O)cc1. The van der Waals surface area contributed by atoms with Gasteiger partial charge in [-0.25, -0.2) is 0 Å². The van der Waals surface area contributed by atoms with Gasteiger partial charge >= 0.3 is 0 Å². The molecule has 1 fully saturated rings. The first-order chi connectivity index (χ1) is 7.25. The van der Waals surface area contributed by atoms with Crippen molar-refractivity contribution in [1.29, 1.82) is 0 Å². The molecule has 0 radical (unpaired) electrons. The van der Waals surface area contributed by atoms with E-state index in [-0.39, 0.29) is 6.10 Å². The van der Waals surface area contributed by atoms with E-state index in [1.165, 1.54) is 11.1 Å². The lowest BCUT2D eigenvalue weighted by molar-refractivity contribution is 0.0820. The summed E-state index contributed by atoms with van der Waals surface area (Å²) in [4.78, 5) is 0. The molecule has 1 aliphatic heterocycles. The molecule has 1 aromatic carbocycles. The largest absolute Gasteiger partial charge is 0.392 e. The van der Waals surface area contributed by atoms with E-state index in [0.717, 1.165) is 25.9 Å². The van der Waals surface area contributed by atoms with Crippen LogP contribution in [0.15, 0.2) is 24.3 Å². The molecule has 15 heavy (non-hydrogen) atoms. The molecule has 0 aliphatic carbocycles. The highest BCUT2D eigenvalue weighted by molar-refractivity contribution is 5.21. The molecule has 2 atom stereocenters. The van der Waals surface area contributed by atoms with E-state index >= 15 is 0 Å². The lowest BCUT2D eigenvalue weighted by Crippen LogP contribution is -2.41. The molecule has 82 valence electrons. The number of aliphatic hydroxyl groups excluding tert-OH is 1. The van der Waals surface area contributed by atoms with Crippen molar-refractivity contribution < 1.29 is 5.11 Å². The monoisotopic (exact) mass is 205 g/mol. The Morgan fingerprint density at radius 2 is 2.07 bits per heavy atom. The van der Waals surface area contributed by atoms with Gasteiger partial charge in [-0.05, 0) is 37.8 Å². The lowest BCUT2D eigenvalue weighted by atomic mass is 9.88. The second-order valence-electron chi connectivity index (χ2n) is 4.51. The second kappa shape index (κ2) is 4.77. The van der Waals surface area contributed by atoms with Crippen molar-refractivity contribution in [2.24, 2.45) is 5.92 Å². The summed E-state index contributed by atoms with van der Waals surface area (Å²) in [5, 5.41) is 13.0. The minimum atomic E-state index is -0.181. The number of β-amino-alcohol motifs (C(OH)–C–C–N with tert-alkyl or cyclic N) is 1. The predicted molar refractivity (Wildman–Crippen MR) is 61.9 cm³/mol. The molecule has 2 heteroatoms. The van der Waals surface area contributed by atoms with Crippen LogP contribution in [0.1, 0.15) is 17.5 Å². The molecule has 2 nitrogen and oxygen atoms in total. The van der Waals surface area contributed by atoms with E-state index in [1.807, 2.05) is 0 Å². The maximum atomic E-state index is 9.82. The van der Waals surface area contributed by atoms with Gasteiger partial charge in [0.25, 0.3) is 0 Å². The van der Waals surface area contributed by atoms with Crippen LogP contribution in [-0.4, -0.2) is 24.3 Å². The average molecular weight is 205 g/mol. The van der Waals surface area contributed by atoms with Crippen LogP contribution >= 0.6 is 0 Å². The number of nitrogens with one attached hydrogen (secondary N) is 1. The second-order valence-corrected chi connectivity index (χ2v) is 4.51. The number of piperidine rings is 1. The Morgan fingerprint density at radius 1 is 1.33 bits per heavy atom. The molecule has 1 saturated heterocycles. The third-order valence-electron chi connectivity index (χ3n) is 3.21. The fourth-order valence-electron chi connectivity index (χ4n) is 2.16. The zero-order chi connectivity index (χ0) is 10.7. The molecule has 0 aromatic heterocycles. The summed E-state index contributed by atoms with van der Waals surface area (Å²) in [7, 11) is 0. The van der Waals surface area contributed by atoms with Gasteiger partial charge in [0.15, 0.2) is 0 Å². The Kier molecular flexibility index (Phi) is 3.39. The zero-order valence-corrected chi connectivity index (χ0v) is 9.24. The van der Waals surface area contributed by atoms with Crippen LogP contribution in [0.4, 0.5) is 0 Å². The molecule has 2 rings (SSSR count). The van der Waals surface area contributed by atoms with E-state index in [9.17, 15) is 5.11 Å². The zero-order valence-electron chi connectivity index (χ0n) is 9.24. The van der Waals surface area contributed by atoms with Crippen LogP contribution in [-0.2, 0) is 6.42 Å². The summed E-state index contributed by atoms with van der Waals surface area (Å²) in [6, 6.07) is 8.62. The minimum absolute atomic E-state index is 0.181. The van der Waals surface area contributed by atoms with Gasteiger partial charge in [0, 0.05) is 6.54 Å². The van der Waals surface area contributed by atoms with Crippen LogP contribution in [0.3, 0.4) is 0 Å². The fourth-order valence-corrected chi connectivity index (χ4v) is 2.16. The normalized spacial score (nSPS) is 26.5. The first kappa shape index (κ1) is 10.7. The summed E-state index contributed by atoms with van der Waals surface area (Å²) in [6.07, 6.45) is 1.90. The van der Waals surface area contributed by atoms with Crippen molar-refractivity contribution in [3.8, 4) is 0 Å². The van der Waals surface area contributed by atoms with Crippen molar-refractivity contribution in [2.75, 3.05) is 13.1 Å². The van der Waals surface area contributed by atoms with Gasteiger partial charge in [-0.2, -0.15) is 0 Å². The molecule has 0 saturated carbocycles. The van der Waals surface area contributed by atoms with Crippen LogP contribution in [0, 0.1) is 12.8 Å². The maximum absolute atomic E-state index is 9.82. The highest BCUT2D eigenvalue weighted by atomic mass is 16.3. The quantitative estimate of drug-likeness (QED) is 0.767. The van der Waals surface area contributed by atoms with Crippen molar-refractivity contribution in [3.05, 3.63) is 35.4 Å². The number of aryl methyl sites for hydroxylation is 1. The van der Waals surface area contributed by atoms with E-state index in [0.29, 0.717) is 5.92 Å². The van der Waals surface area contributed by atoms with E-state index in [2.05, 4.69) is 36.5 Å². The smallest absolute Gasteiger partial charge is 0.0696 e. The number of benzene rings is 1. The van der Waals surface area contributed by atoms with Gasteiger partial charge in [-0.15, -0.1) is 0 Å². The summed E-state index contributed by atoms with van der Waals surface area (Å²) in [6.45, 7) is 3.88. The van der Waals surface area contributed by atoms with Gasteiger partial charge < -0.3 is 10.4 Å². The van der Waals surface area contributed by atoms with Gasteiger partial charge in [-0.3, -0.25) is 0 Å². The summed E-state index contributed by atoms with van der Waals surface area (Å²) >= 11 is 0. The number of hydrogen-bond donors (Lipinski definition) is 2. The fraction of sp³-hybridized carbons (Fsp3) is 0.538. The first-order valence-electron chi connectivity index (χ1n) is 5.70. The molecule has 2 N–H and O–H groups in total. The van der Waals surface area contributed by atoms with Crippen molar-refractivity contribution >= 4 is 0 Å². The molecule has 0 spiro atoms. The first-order valence-corrected chi connectivity index (χ1v) is 5.70. The molecule has 1 aromatic rings. The van der Waals surface area contributed by atoms with Gasteiger partial charge in [0.05, 0.1) is 6.10 Å². The number of rotatable bonds is 2. The van der Waals surface area contributed by atoms with Gasteiger partial charge in [0.1, 0.15) is 0 Å². The number of aliphatic hydroxyl groups is 1. The molecule has 0 amide bonds. The summed E-state index contributed by atoms with van der Waals surface area (Å²) in [5.41, 5.74) is 2.64. The van der Waals surface area contributed by atoms with Crippen LogP contribution < -0.4 is 5.32 Å². The van der Waals surface area contributed by atoms with Crippen molar-refractivity contribution in [1.82, 2.24) is 5.32 Å². The Balaban J connectivity index is 1.98. The van der Waals surface area contributed by atoms with Crippen LogP contribution in [0.25, 0.3) is 0 Å². The Labute approximate surface area is 91.3 Å². The third-order valence-corrected chi connectivity index (χ3v) is 3.21. The van der Waals surface area contributed by atoms with Crippen molar-refractivity contribution in [3.63, 3.8) is 0 Å². The highest BCUT2D eigenvalue weighted by Gasteiger charge is 2.22. The van der Waals surface area contributed by atoms with Gasteiger partial charge in [0.2, 0.25) is 0 Å². The molecular formula is C13H19NO. The Bertz CT molecular complexity index is 307. The van der Waals surface area contributed by atoms with E-state index in [1.54, 1.807) is 0 Å². The minimum Gasteiger partial charge on any atom is -0.392 e. The third kappa shape index (κ3) is 2.80. The Hall–Kier alpha value is -0.860. The highest BCUT2D eigenvalue weighted by Crippen LogP contribution is 2.18. The summed E-state index contributed by atoms with van der Waals surface area (Å²) < 4.78 is 0. The van der Waals surface area contributed by atoms with E-state index < -0.39 is 0 Å². The molecule has 1 heterocycles. The van der Waals surface area contributed by atoms with Crippen LogP contribution in [0.5, 0.6) is 0 Å². The lowest BCUT2D eigenvalue weighted by Gasteiger charge is -2.28. The standard InChI is InChI=1S/C13H19NO/c1-10-2-4-11(5-3-10)8-12-6-7-14-9-13(12)15/h2-5,12-15H,6-9H2,1H3/t12-,13-/m1/s1. The van der Waals surface area contributed by atoms with Crippen molar-refractivity contribution in [2.45, 2.75) is 25.9 Å².